The quantitative estimate of drug-likeness (QED) is 0.429. The highest BCUT2D eigenvalue weighted by Crippen LogP contribution is 2.35. The lowest BCUT2D eigenvalue weighted by molar-refractivity contribution is -0.120. The fraction of sp³-hybridized carbons (Fsp3) is 0.355. The topological polar surface area (TPSA) is 58.6 Å². The number of para-hydroxylation sites is 1. The van der Waals surface area contributed by atoms with Crippen LogP contribution in [0, 0.1) is 0 Å². The smallest absolute Gasteiger partial charge is 0.264 e. The second-order valence-corrected chi connectivity index (χ2v) is 11.1. The van der Waals surface area contributed by atoms with Crippen LogP contribution in [0.5, 0.6) is 5.75 Å². The highest BCUT2D eigenvalue weighted by atomic mass is 16.5. The van der Waals surface area contributed by atoms with Gasteiger partial charge in [-0.3, -0.25) is 9.59 Å². The largest absolute Gasteiger partial charge is 0.483 e. The lowest BCUT2D eigenvalue weighted by Crippen LogP contribution is -2.34. The summed E-state index contributed by atoms with van der Waals surface area (Å²) in [4.78, 5) is 27.5. The Bertz CT molecular complexity index is 1200. The number of amides is 2. The first-order valence-corrected chi connectivity index (χ1v) is 12.3. The molecule has 2 amide bonds. The van der Waals surface area contributed by atoms with Gasteiger partial charge in [0.2, 0.25) is 0 Å². The lowest BCUT2D eigenvalue weighted by atomic mass is 9.80. The number of carbonyl (C=O) groups is 2. The third-order valence-electron chi connectivity index (χ3n) is 6.18. The first kappa shape index (κ1) is 27.0. The molecule has 3 aromatic rings. The Morgan fingerprint density at radius 1 is 0.833 bits per heavy atom. The Labute approximate surface area is 215 Å². The normalized spacial score (nSPS) is 11.6. The summed E-state index contributed by atoms with van der Waals surface area (Å²) in [6, 6.07) is 23.0. The fourth-order valence-electron chi connectivity index (χ4n) is 3.91. The van der Waals surface area contributed by atoms with Gasteiger partial charge in [0.15, 0.2) is 6.61 Å². The van der Waals surface area contributed by atoms with Crippen molar-refractivity contribution in [2.24, 2.45) is 0 Å². The van der Waals surface area contributed by atoms with Crippen molar-refractivity contribution >= 4 is 17.5 Å². The van der Waals surface area contributed by atoms with Gasteiger partial charge in [-0.2, -0.15) is 0 Å². The van der Waals surface area contributed by atoms with Crippen molar-refractivity contribution in [2.75, 3.05) is 18.6 Å². The molecule has 0 aromatic heterocycles. The first-order valence-electron chi connectivity index (χ1n) is 12.3. The van der Waals surface area contributed by atoms with Gasteiger partial charge in [0, 0.05) is 13.6 Å². The van der Waals surface area contributed by atoms with E-state index in [9.17, 15) is 9.59 Å². The number of nitrogens with zero attached hydrogens (tertiary/aromatic N) is 1. The number of hydrogen-bond acceptors (Lipinski definition) is 3. The molecule has 0 aliphatic rings. The number of ether oxygens (including phenoxy) is 1. The monoisotopic (exact) mass is 486 g/mol. The molecular formula is C31H38N2O3. The summed E-state index contributed by atoms with van der Waals surface area (Å²) < 4.78 is 6.05. The van der Waals surface area contributed by atoms with Gasteiger partial charge in [-0.05, 0) is 45.7 Å². The second-order valence-electron chi connectivity index (χ2n) is 11.1. The van der Waals surface area contributed by atoms with Crippen LogP contribution in [0.15, 0.2) is 72.8 Å². The van der Waals surface area contributed by atoms with E-state index in [0.717, 1.165) is 11.1 Å². The maximum absolute atomic E-state index is 13.1. The van der Waals surface area contributed by atoms with Crippen LogP contribution < -0.4 is 15.0 Å². The van der Waals surface area contributed by atoms with E-state index < -0.39 is 0 Å². The van der Waals surface area contributed by atoms with E-state index in [4.69, 9.17) is 4.74 Å². The zero-order valence-corrected chi connectivity index (χ0v) is 22.5. The lowest BCUT2D eigenvalue weighted by Gasteiger charge is -2.27. The minimum Gasteiger partial charge on any atom is -0.483 e. The van der Waals surface area contributed by atoms with E-state index in [-0.39, 0.29) is 29.3 Å². The molecular weight excluding hydrogens is 448 g/mol. The Balaban J connectivity index is 1.74. The Hall–Kier alpha value is -3.60. The predicted octanol–water partition coefficient (Wildman–Crippen LogP) is 6.25. The highest BCUT2D eigenvalue weighted by molar-refractivity contribution is 6.04. The van der Waals surface area contributed by atoms with Crippen molar-refractivity contribution in [3.05, 3.63) is 95.1 Å². The fourth-order valence-corrected chi connectivity index (χ4v) is 3.91. The molecule has 0 unspecified atom stereocenters. The molecule has 0 fully saturated rings. The summed E-state index contributed by atoms with van der Waals surface area (Å²) >= 11 is 0. The standard InChI is InChI=1S/C31H38N2O3/c1-30(2,3)23-17-18-27(25(19-23)31(4,5)6)36-21-28(34)33(7)26-16-12-11-15-24(26)29(35)32-20-22-13-9-8-10-14-22/h8-19H,20-21H2,1-7H3,(H,32,35). The van der Waals surface area contributed by atoms with Crippen LogP contribution in [-0.4, -0.2) is 25.5 Å². The summed E-state index contributed by atoms with van der Waals surface area (Å²) in [5.74, 6) is 0.229. The number of benzene rings is 3. The van der Waals surface area contributed by atoms with Gasteiger partial charge in [0.1, 0.15) is 5.75 Å². The van der Waals surface area contributed by atoms with Gasteiger partial charge in [0.25, 0.3) is 11.8 Å². The van der Waals surface area contributed by atoms with Gasteiger partial charge in [-0.1, -0.05) is 96.1 Å². The van der Waals surface area contributed by atoms with Crippen molar-refractivity contribution in [1.82, 2.24) is 5.32 Å². The molecule has 3 rings (SSSR count). The molecule has 0 bridgehead atoms. The molecule has 0 saturated heterocycles. The van der Waals surface area contributed by atoms with Gasteiger partial charge in [-0.25, -0.2) is 0 Å². The van der Waals surface area contributed by atoms with E-state index in [1.165, 1.54) is 10.5 Å². The van der Waals surface area contributed by atoms with Crippen LogP contribution in [0.3, 0.4) is 0 Å². The van der Waals surface area contributed by atoms with Crippen molar-refractivity contribution in [3.8, 4) is 5.75 Å². The number of hydrogen-bond donors (Lipinski definition) is 1. The van der Waals surface area contributed by atoms with Gasteiger partial charge in [-0.15, -0.1) is 0 Å². The third kappa shape index (κ3) is 6.75. The van der Waals surface area contributed by atoms with Crippen molar-refractivity contribution in [3.63, 3.8) is 0 Å². The van der Waals surface area contributed by atoms with E-state index >= 15 is 0 Å². The number of carbonyl (C=O) groups excluding carboxylic acids is 2. The zero-order chi connectivity index (χ0) is 26.5. The Morgan fingerprint density at radius 3 is 2.11 bits per heavy atom. The van der Waals surface area contributed by atoms with Crippen molar-refractivity contribution in [1.29, 1.82) is 0 Å². The Kier molecular flexibility index (Phi) is 8.24. The maximum atomic E-state index is 13.1. The molecule has 0 spiro atoms. The van der Waals surface area contributed by atoms with E-state index in [0.29, 0.717) is 23.5 Å². The van der Waals surface area contributed by atoms with Gasteiger partial charge < -0.3 is 15.0 Å². The molecule has 5 nitrogen and oxygen atoms in total. The number of anilines is 1. The number of rotatable bonds is 7. The molecule has 5 heteroatoms. The minimum atomic E-state index is -0.238. The van der Waals surface area contributed by atoms with Crippen LogP contribution in [0.2, 0.25) is 0 Å². The van der Waals surface area contributed by atoms with E-state index in [2.05, 4.69) is 59.0 Å². The van der Waals surface area contributed by atoms with Crippen molar-refractivity contribution in [2.45, 2.75) is 58.9 Å². The molecule has 0 saturated carbocycles. The summed E-state index contributed by atoms with van der Waals surface area (Å²) in [5.41, 5.74) is 4.14. The number of nitrogens with one attached hydrogen (secondary N) is 1. The second kappa shape index (κ2) is 11.0. The average molecular weight is 487 g/mol. The third-order valence-corrected chi connectivity index (χ3v) is 6.18. The maximum Gasteiger partial charge on any atom is 0.264 e. The summed E-state index contributed by atoms with van der Waals surface area (Å²) in [6.07, 6.45) is 0. The SMILES string of the molecule is CN(C(=O)COc1ccc(C(C)(C)C)cc1C(C)(C)C)c1ccccc1C(=O)NCc1ccccc1. The van der Waals surface area contributed by atoms with Crippen LogP contribution in [0.1, 0.15) is 68.6 Å². The van der Waals surface area contributed by atoms with Crippen LogP contribution in [0.4, 0.5) is 5.69 Å². The molecule has 190 valence electrons. The van der Waals surface area contributed by atoms with E-state index in [1.807, 2.05) is 42.5 Å². The van der Waals surface area contributed by atoms with Gasteiger partial charge >= 0.3 is 0 Å². The number of likely N-dealkylation sites (N-methyl/N-ethyl adjacent to an activating group) is 1. The van der Waals surface area contributed by atoms with E-state index in [1.54, 1.807) is 25.2 Å². The summed E-state index contributed by atoms with van der Waals surface area (Å²) in [6.45, 7) is 13.2. The molecule has 36 heavy (non-hydrogen) atoms. The van der Waals surface area contributed by atoms with Gasteiger partial charge in [0.05, 0.1) is 11.3 Å². The summed E-state index contributed by atoms with van der Waals surface area (Å²) in [5, 5.41) is 2.94. The molecule has 1 N–H and O–H groups in total. The first-order chi connectivity index (χ1) is 16.9. The van der Waals surface area contributed by atoms with Crippen LogP contribution >= 0.6 is 0 Å². The molecule has 0 radical (unpaired) electrons. The molecule has 0 heterocycles. The Morgan fingerprint density at radius 2 is 1.47 bits per heavy atom. The molecule has 0 aliphatic heterocycles. The van der Waals surface area contributed by atoms with Crippen LogP contribution in [0.25, 0.3) is 0 Å². The highest BCUT2D eigenvalue weighted by Gasteiger charge is 2.24. The van der Waals surface area contributed by atoms with Crippen molar-refractivity contribution < 1.29 is 14.3 Å². The molecule has 0 aliphatic carbocycles. The average Bonchev–Trinajstić information content (AvgIpc) is 2.84. The predicted molar refractivity (Wildman–Crippen MR) is 147 cm³/mol. The molecule has 3 aromatic carbocycles. The van der Waals surface area contributed by atoms with Crippen LogP contribution in [-0.2, 0) is 22.2 Å². The zero-order valence-electron chi connectivity index (χ0n) is 22.5. The minimum absolute atomic E-state index is 0.0133. The molecule has 0 atom stereocenters. The summed E-state index contributed by atoms with van der Waals surface area (Å²) in [7, 11) is 1.67.